The van der Waals surface area contributed by atoms with E-state index in [4.69, 9.17) is 0 Å². The first kappa shape index (κ1) is 15.8. The molecule has 3 nitrogen and oxygen atoms in total. The summed E-state index contributed by atoms with van der Waals surface area (Å²) in [6.07, 6.45) is 0. The van der Waals surface area contributed by atoms with E-state index in [1.807, 2.05) is 79.7 Å². The van der Waals surface area contributed by atoms with Gasteiger partial charge in [-0.25, -0.2) is 4.79 Å². The van der Waals surface area contributed by atoms with Gasteiger partial charge in [-0.1, -0.05) is 66.7 Å². The molecule has 0 unspecified atom stereocenters. The smallest absolute Gasteiger partial charge is 0.337 e. The van der Waals surface area contributed by atoms with E-state index in [0.29, 0.717) is 5.69 Å². The van der Waals surface area contributed by atoms with E-state index in [9.17, 15) is 9.90 Å². The molecule has 0 fully saturated rings. The number of hydrogen-bond donors (Lipinski definition) is 2. The summed E-state index contributed by atoms with van der Waals surface area (Å²) in [5.74, 6) is -0.933. The van der Waals surface area contributed by atoms with E-state index in [2.05, 4.69) is 5.32 Å². The monoisotopic (exact) mass is 317 g/mol. The van der Waals surface area contributed by atoms with Crippen LogP contribution in [-0.2, 0) is 0 Å². The van der Waals surface area contributed by atoms with Crippen molar-refractivity contribution >= 4 is 11.7 Å². The largest absolute Gasteiger partial charge is 0.478 e. The van der Waals surface area contributed by atoms with Crippen molar-refractivity contribution < 1.29 is 9.90 Å². The number of hydrogen-bond acceptors (Lipinski definition) is 2. The third-order valence-electron chi connectivity index (χ3n) is 3.97. The zero-order chi connectivity index (χ0) is 16.9. The number of nitrogens with one attached hydrogen (secondary N) is 1. The Morgan fingerprint density at radius 2 is 1.42 bits per heavy atom. The van der Waals surface area contributed by atoms with Crippen LogP contribution in [0.15, 0.2) is 78.9 Å². The number of aromatic carboxylic acids is 1. The van der Waals surface area contributed by atoms with Crippen molar-refractivity contribution in [1.29, 1.82) is 0 Å². The molecule has 0 aliphatic carbocycles. The molecule has 0 saturated heterocycles. The lowest BCUT2D eigenvalue weighted by molar-refractivity contribution is 0.0698. The van der Waals surface area contributed by atoms with Crippen LogP contribution < -0.4 is 5.32 Å². The van der Waals surface area contributed by atoms with Gasteiger partial charge in [0.2, 0.25) is 0 Å². The molecule has 3 heteroatoms. The van der Waals surface area contributed by atoms with E-state index in [-0.39, 0.29) is 11.6 Å². The summed E-state index contributed by atoms with van der Waals surface area (Å²) >= 11 is 0. The highest BCUT2D eigenvalue weighted by Gasteiger charge is 2.17. The number of aryl methyl sites for hydroxylation is 1. The summed E-state index contributed by atoms with van der Waals surface area (Å²) in [5.41, 5.74) is 4.09. The molecular weight excluding hydrogens is 298 g/mol. The van der Waals surface area contributed by atoms with Crippen molar-refractivity contribution in [1.82, 2.24) is 0 Å². The lowest BCUT2D eigenvalue weighted by atomic mass is 9.97. The molecule has 3 aromatic rings. The summed E-state index contributed by atoms with van der Waals surface area (Å²) in [4.78, 5) is 11.5. The first-order valence-corrected chi connectivity index (χ1v) is 7.85. The van der Waals surface area contributed by atoms with Gasteiger partial charge >= 0.3 is 5.97 Å². The molecule has 0 aliphatic rings. The highest BCUT2D eigenvalue weighted by molar-refractivity contribution is 5.94. The molecule has 0 radical (unpaired) electrons. The van der Waals surface area contributed by atoms with Crippen LogP contribution in [0.25, 0.3) is 0 Å². The van der Waals surface area contributed by atoms with Gasteiger partial charge in [0.1, 0.15) is 0 Å². The Hall–Kier alpha value is -3.07. The maximum atomic E-state index is 11.5. The van der Waals surface area contributed by atoms with E-state index < -0.39 is 5.97 Å². The molecule has 0 bridgehead atoms. The normalized spacial score (nSPS) is 10.6. The zero-order valence-corrected chi connectivity index (χ0v) is 13.4. The average molecular weight is 317 g/mol. The number of benzene rings is 3. The summed E-state index contributed by atoms with van der Waals surface area (Å²) in [6, 6.07) is 25.3. The molecule has 3 aromatic carbocycles. The number of carbonyl (C=O) groups is 1. The number of carboxylic acid groups (broad SMARTS) is 1. The number of rotatable bonds is 5. The van der Waals surface area contributed by atoms with Gasteiger partial charge in [-0.2, -0.15) is 0 Å². The zero-order valence-electron chi connectivity index (χ0n) is 13.4. The molecule has 0 aromatic heterocycles. The van der Waals surface area contributed by atoms with Gasteiger partial charge in [0, 0.05) is 5.69 Å². The molecule has 0 heterocycles. The summed E-state index contributed by atoms with van der Waals surface area (Å²) in [7, 11) is 0. The van der Waals surface area contributed by atoms with Crippen LogP contribution in [0, 0.1) is 6.92 Å². The van der Waals surface area contributed by atoms with Crippen molar-refractivity contribution in [3.05, 3.63) is 101 Å². The Balaban J connectivity index is 2.05. The molecule has 0 saturated carbocycles. The molecule has 0 atom stereocenters. The fourth-order valence-electron chi connectivity index (χ4n) is 2.77. The maximum absolute atomic E-state index is 11.5. The van der Waals surface area contributed by atoms with Crippen LogP contribution in [0.5, 0.6) is 0 Å². The van der Waals surface area contributed by atoms with E-state index in [1.54, 1.807) is 6.07 Å². The van der Waals surface area contributed by atoms with Gasteiger partial charge < -0.3 is 10.4 Å². The first-order valence-electron chi connectivity index (χ1n) is 7.85. The maximum Gasteiger partial charge on any atom is 0.337 e. The standard InChI is InChI=1S/C21H19NO2/c1-15-12-13-18(21(23)24)19(14-15)22-20(16-8-4-2-5-9-16)17-10-6-3-7-11-17/h2-14,20,22H,1H3,(H,23,24). The second kappa shape index (κ2) is 7.01. The Labute approximate surface area is 141 Å². The average Bonchev–Trinajstić information content (AvgIpc) is 2.61. The van der Waals surface area contributed by atoms with Crippen LogP contribution in [0.2, 0.25) is 0 Å². The molecule has 120 valence electrons. The third kappa shape index (κ3) is 3.46. The third-order valence-corrected chi connectivity index (χ3v) is 3.97. The quantitative estimate of drug-likeness (QED) is 0.704. The Morgan fingerprint density at radius 1 is 0.875 bits per heavy atom. The van der Waals surface area contributed by atoms with Gasteiger partial charge in [0.05, 0.1) is 11.6 Å². The molecule has 2 N–H and O–H groups in total. The van der Waals surface area contributed by atoms with Crippen molar-refractivity contribution in [2.24, 2.45) is 0 Å². The predicted molar refractivity (Wildman–Crippen MR) is 96.5 cm³/mol. The van der Waals surface area contributed by atoms with Gasteiger partial charge in [-0.05, 0) is 35.7 Å². The molecule has 24 heavy (non-hydrogen) atoms. The summed E-state index contributed by atoms with van der Waals surface area (Å²) in [5, 5.41) is 12.9. The molecule has 0 aliphatic heterocycles. The lowest BCUT2D eigenvalue weighted by Crippen LogP contribution is -2.15. The Bertz CT molecular complexity index is 789. The van der Waals surface area contributed by atoms with Crippen LogP contribution in [0.4, 0.5) is 5.69 Å². The van der Waals surface area contributed by atoms with Gasteiger partial charge in [-0.3, -0.25) is 0 Å². The topological polar surface area (TPSA) is 49.3 Å². The van der Waals surface area contributed by atoms with Crippen LogP contribution in [0.1, 0.15) is 33.1 Å². The van der Waals surface area contributed by atoms with E-state index in [1.165, 1.54) is 0 Å². The second-order valence-electron chi connectivity index (χ2n) is 5.75. The van der Waals surface area contributed by atoms with Crippen molar-refractivity contribution in [2.75, 3.05) is 5.32 Å². The highest BCUT2D eigenvalue weighted by atomic mass is 16.4. The van der Waals surface area contributed by atoms with E-state index in [0.717, 1.165) is 16.7 Å². The SMILES string of the molecule is Cc1ccc(C(=O)O)c(NC(c2ccccc2)c2ccccc2)c1. The summed E-state index contributed by atoms with van der Waals surface area (Å²) in [6.45, 7) is 1.96. The van der Waals surface area contributed by atoms with Crippen LogP contribution >= 0.6 is 0 Å². The molecule has 3 rings (SSSR count). The minimum Gasteiger partial charge on any atom is -0.478 e. The Kier molecular flexibility index (Phi) is 4.62. The minimum absolute atomic E-state index is 0.118. The molecule has 0 spiro atoms. The second-order valence-corrected chi connectivity index (χ2v) is 5.75. The number of carboxylic acids is 1. The first-order chi connectivity index (χ1) is 11.6. The van der Waals surface area contributed by atoms with Gasteiger partial charge in [-0.15, -0.1) is 0 Å². The predicted octanol–water partition coefficient (Wildman–Crippen LogP) is 4.89. The fraction of sp³-hybridized carbons (Fsp3) is 0.0952. The van der Waals surface area contributed by atoms with E-state index >= 15 is 0 Å². The van der Waals surface area contributed by atoms with Crippen molar-refractivity contribution in [2.45, 2.75) is 13.0 Å². The van der Waals surface area contributed by atoms with Gasteiger partial charge in [0.25, 0.3) is 0 Å². The molecular formula is C21H19NO2. The Morgan fingerprint density at radius 3 is 1.92 bits per heavy atom. The molecule has 0 amide bonds. The fourth-order valence-corrected chi connectivity index (χ4v) is 2.77. The summed E-state index contributed by atoms with van der Waals surface area (Å²) < 4.78 is 0. The highest BCUT2D eigenvalue weighted by Crippen LogP contribution is 2.29. The van der Waals surface area contributed by atoms with Crippen molar-refractivity contribution in [3.63, 3.8) is 0 Å². The lowest BCUT2D eigenvalue weighted by Gasteiger charge is -2.22. The van der Waals surface area contributed by atoms with Crippen LogP contribution in [-0.4, -0.2) is 11.1 Å². The van der Waals surface area contributed by atoms with Crippen LogP contribution in [0.3, 0.4) is 0 Å². The number of anilines is 1. The minimum atomic E-state index is -0.933. The van der Waals surface area contributed by atoms with Crippen molar-refractivity contribution in [3.8, 4) is 0 Å². The van der Waals surface area contributed by atoms with Gasteiger partial charge in [0.15, 0.2) is 0 Å².